The van der Waals surface area contributed by atoms with E-state index in [9.17, 15) is 39.0 Å². The van der Waals surface area contributed by atoms with Crippen LogP contribution in [0.25, 0.3) is 0 Å². The van der Waals surface area contributed by atoms with Crippen LogP contribution in [-0.4, -0.2) is 144 Å². The van der Waals surface area contributed by atoms with Gasteiger partial charge in [0.2, 0.25) is 5.79 Å². The van der Waals surface area contributed by atoms with Gasteiger partial charge in [0.15, 0.2) is 0 Å². The first-order chi connectivity index (χ1) is 33.6. The van der Waals surface area contributed by atoms with Crippen LogP contribution < -0.4 is 0 Å². The number of carboxylic acids is 1. The number of allylic oxidation sites excluding steroid dienone is 6. The normalized spacial score (nSPS) is 37.9. The maximum absolute atomic E-state index is 14.5. The first-order valence-corrected chi connectivity index (χ1v) is 26.0. The molecule has 0 aromatic heterocycles. The van der Waals surface area contributed by atoms with Crippen LogP contribution in [0.2, 0.25) is 0 Å². The zero-order chi connectivity index (χ0) is 52.6. The standard InChI is InChI=1S/C55H85NO15/c1-33-16-12-11-13-17-34(2)46(66-9)30-42-21-19-39(7)55(65,71-42)52(62)53(63)56-23-15-14-18-43(56)54(64)70-47(31-44(57)35(3)27-38(6)51(61)40(8)50(60)37(5)26-33)36(4)28-41-20-22-45(48(29-41)67-10)69-25-24-68-32-49(58)59/h11-13,16-17,27,33,35-37,39-43,45-48,51,61,65H,14-15,18-26,28-32H2,1-10H3,(H,58,59)/b13-11+,16-12+,34-17+,38-27+/t33-,35-,36+,37-,39-,40+,41-,42+,43+,45-,46+,47+,48-,51-,55-/m1/s1. The van der Waals surface area contributed by atoms with Crippen LogP contribution in [0, 0.1) is 41.4 Å². The topological polar surface area (TPSA) is 222 Å². The number of nitrogens with zero attached hydrogens (tertiary/aromatic N) is 1. The van der Waals surface area contributed by atoms with Gasteiger partial charge in [0, 0.05) is 57.3 Å². The molecule has 1 saturated carbocycles. The van der Waals surface area contributed by atoms with Gasteiger partial charge in [-0.1, -0.05) is 78.0 Å². The Morgan fingerprint density at radius 2 is 1.61 bits per heavy atom. The van der Waals surface area contributed by atoms with Crippen LogP contribution in [0.3, 0.4) is 0 Å². The Labute approximate surface area is 421 Å². The molecule has 3 aliphatic heterocycles. The summed E-state index contributed by atoms with van der Waals surface area (Å²) in [4.78, 5) is 83.0. The highest BCUT2D eigenvalue weighted by Gasteiger charge is 2.53. The summed E-state index contributed by atoms with van der Waals surface area (Å²) >= 11 is 0. The fourth-order valence-corrected chi connectivity index (χ4v) is 10.8. The molecule has 4 rings (SSSR count). The largest absolute Gasteiger partial charge is 0.480 e. The fraction of sp³-hybridized carbons (Fsp3) is 0.745. The molecule has 16 nitrogen and oxygen atoms in total. The van der Waals surface area contributed by atoms with Crippen molar-refractivity contribution in [3.8, 4) is 0 Å². The maximum Gasteiger partial charge on any atom is 0.329 e. The Morgan fingerprint density at radius 1 is 0.873 bits per heavy atom. The number of methoxy groups -OCH3 is 2. The molecular weight excluding hydrogens is 915 g/mol. The molecule has 3 N–H and O–H groups in total. The molecule has 2 saturated heterocycles. The van der Waals surface area contributed by atoms with Crippen LogP contribution in [0.1, 0.15) is 132 Å². The van der Waals surface area contributed by atoms with Gasteiger partial charge in [-0.3, -0.25) is 19.2 Å². The third kappa shape index (κ3) is 17.1. The van der Waals surface area contributed by atoms with Crippen molar-refractivity contribution in [3.63, 3.8) is 0 Å². The van der Waals surface area contributed by atoms with E-state index in [4.69, 9.17) is 33.5 Å². The highest BCUT2D eigenvalue weighted by atomic mass is 16.6. The molecule has 0 aromatic carbocycles. The van der Waals surface area contributed by atoms with Gasteiger partial charge in [0.1, 0.15) is 30.3 Å². The van der Waals surface area contributed by atoms with Crippen LogP contribution in [0.4, 0.5) is 0 Å². The van der Waals surface area contributed by atoms with E-state index in [1.807, 2.05) is 58.1 Å². The number of ketones is 3. The van der Waals surface area contributed by atoms with E-state index < -0.39 is 84.2 Å². The monoisotopic (exact) mass is 1000 g/mol. The summed E-state index contributed by atoms with van der Waals surface area (Å²) in [5, 5.41) is 32.3. The first kappa shape index (κ1) is 59.7. The SMILES string of the molecule is CO[C@H]1C[C@@H]2CC[C@@H](C)[C@@](O)(O2)C(=O)C(=O)N2CCCC[C@H]2C(=O)O[C@H]([C@@H](C)C[C@H]2CC[C@@H](OCCOCC(=O)O)[C@H](OC)C2)CC(=O)[C@H](C)/C=C(\C)[C@@H](O)[C@@H](C)C(=O)[C@H](C)C[C@H](C)/C=C/C=C/C=C/1C. The molecule has 3 fully saturated rings. The number of fused-ring (bicyclic) bond motifs is 3. The molecule has 0 spiro atoms. The second kappa shape index (κ2) is 28.5. The van der Waals surface area contributed by atoms with Crippen molar-refractivity contribution in [2.75, 3.05) is 40.6 Å². The number of amides is 1. The summed E-state index contributed by atoms with van der Waals surface area (Å²) in [6.07, 6.45) is 13.2. The van der Waals surface area contributed by atoms with E-state index >= 15 is 0 Å². The van der Waals surface area contributed by atoms with Crippen molar-refractivity contribution >= 4 is 35.2 Å². The van der Waals surface area contributed by atoms with Gasteiger partial charge in [-0.2, -0.15) is 0 Å². The molecule has 2 bridgehead atoms. The summed E-state index contributed by atoms with van der Waals surface area (Å²) < 4.78 is 35.3. The van der Waals surface area contributed by atoms with E-state index in [2.05, 4.69) is 0 Å². The Hall–Kier alpha value is -3.90. The van der Waals surface area contributed by atoms with Crippen molar-refractivity contribution in [1.82, 2.24) is 4.90 Å². The number of esters is 1. The van der Waals surface area contributed by atoms with Crippen molar-refractivity contribution in [1.29, 1.82) is 0 Å². The lowest BCUT2D eigenvalue weighted by Crippen LogP contribution is -2.61. The third-order valence-corrected chi connectivity index (χ3v) is 15.3. The lowest BCUT2D eigenvalue weighted by molar-refractivity contribution is -0.265. The minimum absolute atomic E-state index is 0.0588. The van der Waals surface area contributed by atoms with E-state index in [-0.39, 0.29) is 80.0 Å². The summed E-state index contributed by atoms with van der Waals surface area (Å²) in [6, 6.07) is -1.16. The summed E-state index contributed by atoms with van der Waals surface area (Å²) in [5.74, 6) is -9.48. The average Bonchev–Trinajstić information content (AvgIpc) is 3.34. The lowest BCUT2D eigenvalue weighted by atomic mass is 9.78. The van der Waals surface area contributed by atoms with Gasteiger partial charge >= 0.3 is 11.9 Å². The van der Waals surface area contributed by atoms with Crippen LogP contribution in [-0.2, 0) is 57.2 Å². The summed E-state index contributed by atoms with van der Waals surface area (Å²) in [6.45, 7) is 14.5. The van der Waals surface area contributed by atoms with Crippen molar-refractivity contribution in [3.05, 3.63) is 47.6 Å². The molecule has 0 unspecified atom stereocenters. The van der Waals surface area contributed by atoms with Crippen molar-refractivity contribution in [2.24, 2.45) is 41.4 Å². The predicted molar refractivity (Wildman–Crippen MR) is 266 cm³/mol. The van der Waals surface area contributed by atoms with Crippen molar-refractivity contribution < 1.29 is 72.5 Å². The number of hydrogen-bond acceptors (Lipinski definition) is 14. The minimum atomic E-state index is -2.44. The van der Waals surface area contributed by atoms with Crippen LogP contribution in [0.15, 0.2) is 47.6 Å². The molecule has 4 aliphatic rings. The van der Waals surface area contributed by atoms with E-state index in [1.165, 1.54) is 4.90 Å². The van der Waals surface area contributed by atoms with Crippen LogP contribution in [0.5, 0.6) is 0 Å². The number of Topliss-reactive ketones (excluding diaryl/α,β-unsaturated/α-hetero) is 3. The molecular formula is C55H85NO15. The number of carbonyl (C=O) groups excluding carboxylic acids is 5. The molecule has 1 amide bonds. The third-order valence-electron chi connectivity index (χ3n) is 15.3. The smallest absolute Gasteiger partial charge is 0.329 e. The molecule has 16 heteroatoms. The highest BCUT2D eigenvalue weighted by Crippen LogP contribution is 2.38. The number of carboxylic acid groups (broad SMARTS) is 1. The Bertz CT molecular complexity index is 1930. The number of hydrogen-bond donors (Lipinski definition) is 3. The number of aliphatic hydroxyl groups excluding tert-OH is 1. The lowest BCUT2D eigenvalue weighted by Gasteiger charge is -2.42. The van der Waals surface area contributed by atoms with Crippen LogP contribution >= 0.6 is 0 Å². The van der Waals surface area contributed by atoms with Gasteiger partial charge in [-0.05, 0) is 107 Å². The number of aliphatic hydroxyl groups is 2. The second-order valence-electron chi connectivity index (χ2n) is 21.0. The van der Waals surface area contributed by atoms with Gasteiger partial charge < -0.3 is 48.6 Å². The number of piperidine rings is 1. The van der Waals surface area contributed by atoms with E-state index in [0.717, 1.165) is 12.0 Å². The molecule has 71 heavy (non-hydrogen) atoms. The van der Waals surface area contributed by atoms with Gasteiger partial charge in [-0.15, -0.1) is 0 Å². The van der Waals surface area contributed by atoms with E-state index in [0.29, 0.717) is 63.4 Å². The quantitative estimate of drug-likeness (QED) is 0.0827. The molecule has 1 aliphatic carbocycles. The Morgan fingerprint density at radius 3 is 2.30 bits per heavy atom. The molecule has 0 aromatic rings. The fourth-order valence-electron chi connectivity index (χ4n) is 10.8. The second-order valence-corrected chi connectivity index (χ2v) is 21.0. The zero-order valence-electron chi connectivity index (χ0n) is 44.0. The van der Waals surface area contributed by atoms with Gasteiger partial charge in [0.05, 0.1) is 43.7 Å². The number of carbonyl (C=O) groups is 6. The number of aliphatic carboxylic acids is 1. The number of cyclic esters (lactones) is 1. The average molecular weight is 1000 g/mol. The Kier molecular flexibility index (Phi) is 24.0. The highest BCUT2D eigenvalue weighted by molar-refractivity contribution is 6.39. The van der Waals surface area contributed by atoms with Gasteiger partial charge in [0.25, 0.3) is 11.7 Å². The molecule has 3 heterocycles. The number of rotatable bonds is 11. The van der Waals surface area contributed by atoms with E-state index in [1.54, 1.807) is 48.0 Å². The summed E-state index contributed by atoms with van der Waals surface area (Å²) in [5.41, 5.74) is 1.36. The van der Waals surface area contributed by atoms with Gasteiger partial charge in [-0.25, -0.2) is 9.59 Å². The van der Waals surface area contributed by atoms with Crippen molar-refractivity contribution in [2.45, 2.75) is 181 Å². The zero-order valence-corrected chi connectivity index (χ0v) is 44.0. The summed E-state index contributed by atoms with van der Waals surface area (Å²) in [7, 11) is 3.18. The Balaban J connectivity index is 1.65. The first-order valence-electron chi connectivity index (χ1n) is 26.0. The molecule has 400 valence electrons. The maximum atomic E-state index is 14.5. The predicted octanol–water partition coefficient (Wildman–Crippen LogP) is 6.93. The minimum Gasteiger partial charge on any atom is -0.480 e. The molecule has 15 atom stereocenters. The molecule has 0 radical (unpaired) electrons. The number of ether oxygens (including phenoxy) is 6.